The average molecular weight is 293 g/mol. The standard InChI is InChI=1S/C13H15N3O3S/c1-3-14-12-8-13(16-9-15-12)19-10-4-6-11(7-5-10)20(2,17)18/h4-9H,3H2,1-2H3,(H,14,15,16). The van der Waals surface area contributed by atoms with Gasteiger partial charge in [0.1, 0.15) is 17.9 Å². The molecular weight excluding hydrogens is 278 g/mol. The van der Waals surface area contributed by atoms with Crippen molar-refractivity contribution in [2.75, 3.05) is 18.1 Å². The minimum Gasteiger partial charge on any atom is -0.439 e. The SMILES string of the molecule is CCNc1cc(Oc2ccc(S(C)(=O)=O)cc2)ncn1. The summed E-state index contributed by atoms with van der Waals surface area (Å²) < 4.78 is 28.2. The van der Waals surface area contributed by atoms with Gasteiger partial charge in [-0.1, -0.05) is 0 Å². The Morgan fingerprint density at radius 2 is 1.90 bits per heavy atom. The van der Waals surface area contributed by atoms with Crippen molar-refractivity contribution in [1.29, 1.82) is 0 Å². The zero-order chi connectivity index (χ0) is 14.6. The van der Waals surface area contributed by atoms with E-state index in [1.807, 2.05) is 6.92 Å². The third-order valence-corrected chi connectivity index (χ3v) is 3.60. The van der Waals surface area contributed by atoms with E-state index in [9.17, 15) is 8.42 Å². The second-order valence-electron chi connectivity index (χ2n) is 4.12. The van der Waals surface area contributed by atoms with Crippen molar-refractivity contribution >= 4 is 15.7 Å². The number of anilines is 1. The molecule has 0 aliphatic heterocycles. The van der Waals surface area contributed by atoms with Gasteiger partial charge in [0.15, 0.2) is 9.84 Å². The van der Waals surface area contributed by atoms with Crippen LogP contribution in [0.3, 0.4) is 0 Å². The number of hydrogen-bond donors (Lipinski definition) is 1. The van der Waals surface area contributed by atoms with Gasteiger partial charge in [0.05, 0.1) is 4.90 Å². The van der Waals surface area contributed by atoms with Crippen LogP contribution in [0.2, 0.25) is 0 Å². The number of benzene rings is 1. The second-order valence-corrected chi connectivity index (χ2v) is 6.13. The van der Waals surface area contributed by atoms with E-state index in [1.54, 1.807) is 18.2 Å². The Morgan fingerprint density at radius 3 is 2.50 bits per heavy atom. The number of aromatic nitrogens is 2. The van der Waals surface area contributed by atoms with Gasteiger partial charge in [0.25, 0.3) is 0 Å². The third-order valence-electron chi connectivity index (χ3n) is 2.47. The van der Waals surface area contributed by atoms with Crippen molar-refractivity contribution in [2.45, 2.75) is 11.8 Å². The number of sulfone groups is 1. The molecule has 0 fully saturated rings. The zero-order valence-corrected chi connectivity index (χ0v) is 12.0. The summed E-state index contributed by atoms with van der Waals surface area (Å²) in [5, 5.41) is 3.05. The summed E-state index contributed by atoms with van der Waals surface area (Å²) in [6.07, 6.45) is 2.56. The molecule has 0 aliphatic carbocycles. The largest absolute Gasteiger partial charge is 0.439 e. The average Bonchev–Trinajstić information content (AvgIpc) is 2.39. The van der Waals surface area contributed by atoms with E-state index in [4.69, 9.17) is 4.74 Å². The molecule has 0 bridgehead atoms. The van der Waals surface area contributed by atoms with E-state index in [0.29, 0.717) is 17.4 Å². The molecule has 0 saturated carbocycles. The lowest BCUT2D eigenvalue weighted by molar-refractivity contribution is 0.461. The molecule has 106 valence electrons. The molecule has 0 spiro atoms. The number of nitrogens with zero attached hydrogens (tertiary/aromatic N) is 2. The molecule has 0 atom stereocenters. The van der Waals surface area contributed by atoms with E-state index < -0.39 is 9.84 Å². The Labute approximate surface area is 117 Å². The van der Waals surface area contributed by atoms with Gasteiger partial charge in [-0.2, -0.15) is 0 Å². The lowest BCUT2D eigenvalue weighted by Gasteiger charge is -2.07. The Kier molecular flexibility index (Phi) is 4.19. The number of hydrogen-bond acceptors (Lipinski definition) is 6. The Morgan fingerprint density at radius 1 is 1.20 bits per heavy atom. The van der Waals surface area contributed by atoms with Crippen LogP contribution < -0.4 is 10.1 Å². The summed E-state index contributed by atoms with van der Waals surface area (Å²) >= 11 is 0. The van der Waals surface area contributed by atoms with Crippen LogP contribution in [0.25, 0.3) is 0 Å². The van der Waals surface area contributed by atoms with Crippen LogP contribution in [-0.4, -0.2) is 31.2 Å². The number of nitrogens with one attached hydrogen (secondary N) is 1. The molecule has 1 N–H and O–H groups in total. The number of rotatable bonds is 5. The lowest BCUT2D eigenvalue weighted by atomic mass is 10.3. The lowest BCUT2D eigenvalue weighted by Crippen LogP contribution is -2.00. The maximum absolute atomic E-state index is 11.3. The topological polar surface area (TPSA) is 81.2 Å². The van der Waals surface area contributed by atoms with Crippen molar-refractivity contribution in [3.8, 4) is 11.6 Å². The maximum Gasteiger partial charge on any atom is 0.224 e. The van der Waals surface area contributed by atoms with Gasteiger partial charge in [0, 0.05) is 18.9 Å². The van der Waals surface area contributed by atoms with E-state index in [-0.39, 0.29) is 4.90 Å². The van der Waals surface area contributed by atoms with Gasteiger partial charge in [-0.25, -0.2) is 18.4 Å². The first-order valence-corrected chi connectivity index (χ1v) is 7.92. The van der Waals surface area contributed by atoms with E-state index in [2.05, 4.69) is 15.3 Å². The first-order chi connectivity index (χ1) is 9.49. The van der Waals surface area contributed by atoms with Crippen molar-refractivity contribution < 1.29 is 13.2 Å². The molecule has 7 heteroatoms. The van der Waals surface area contributed by atoms with Crippen molar-refractivity contribution in [3.05, 3.63) is 36.7 Å². The van der Waals surface area contributed by atoms with Gasteiger partial charge in [-0.3, -0.25) is 0 Å². The summed E-state index contributed by atoms with van der Waals surface area (Å²) in [6.45, 7) is 2.71. The Bertz CT molecular complexity index is 684. The van der Waals surface area contributed by atoms with Gasteiger partial charge >= 0.3 is 0 Å². The summed E-state index contributed by atoms with van der Waals surface area (Å²) in [5.74, 6) is 1.58. The summed E-state index contributed by atoms with van der Waals surface area (Å²) in [4.78, 5) is 8.28. The van der Waals surface area contributed by atoms with E-state index in [1.165, 1.54) is 18.5 Å². The van der Waals surface area contributed by atoms with Crippen LogP contribution in [0.1, 0.15) is 6.92 Å². The minimum atomic E-state index is -3.20. The molecule has 0 saturated heterocycles. The normalized spacial score (nSPS) is 11.1. The van der Waals surface area contributed by atoms with Crippen molar-refractivity contribution in [2.24, 2.45) is 0 Å². The van der Waals surface area contributed by atoms with E-state index >= 15 is 0 Å². The molecule has 0 aliphatic rings. The highest BCUT2D eigenvalue weighted by Crippen LogP contribution is 2.22. The van der Waals surface area contributed by atoms with Gasteiger partial charge < -0.3 is 10.1 Å². The van der Waals surface area contributed by atoms with Gasteiger partial charge in [0.2, 0.25) is 5.88 Å². The fourth-order valence-corrected chi connectivity index (χ4v) is 2.18. The van der Waals surface area contributed by atoms with Crippen LogP contribution in [0, 0.1) is 0 Å². The monoisotopic (exact) mass is 293 g/mol. The third kappa shape index (κ3) is 3.67. The molecule has 20 heavy (non-hydrogen) atoms. The van der Waals surface area contributed by atoms with E-state index in [0.717, 1.165) is 12.8 Å². The smallest absolute Gasteiger partial charge is 0.224 e. The number of ether oxygens (including phenoxy) is 1. The van der Waals surface area contributed by atoms with Gasteiger partial charge in [-0.15, -0.1) is 0 Å². The van der Waals surface area contributed by atoms with Crippen molar-refractivity contribution in [1.82, 2.24) is 9.97 Å². The van der Waals surface area contributed by atoms with Crippen LogP contribution in [-0.2, 0) is 9.84 Å². The zero-order valence-electron chi connectivity index (χ0n) is 11.2. The molecule has 0 radical (unpaired) electrons. The van der Waals surface area contributed by atoms with Crippen LogP contribution in [0.5, 0.6) is 11.6 Å². The highest BCUT2D eigenvalue weighted by molar-refractivity contribution is 7.90. The van der Waals surface area contributed by atoms with Crippen LogP contribution in [0.4, 0.5) is 5.82 Å². The first-order valence-electron chi connectivity index (χ1n) is 6.03. The quantitative estimate of drug-likeness (QED) is 0.909. The predicted octanol–water partition coefficient (Wildman–Crippen LogP) is 2.10. The van der Waals surface area contributed by atoms with Gasteiger partial charge in [-0.05, 0) is 31.2 Å². The molecule has 1 aromatic heterocycles. The Hall–Kier alpha value is -2.15. The van der Waals surface area contributed by atoms with Crippen LogP contribution >= 0.6 is 0 Å². The summed E-state index contributed by atoms with van der Waals surface area (Å²) in [6, 6.07) is 7.85. The molecular formula is C13H15N3O3S. The van der Waals surface area contributed by atoms with Crippen molar-refractivity contribution in [3.63, 3.8) is 0 Å². The highest BCUT2D eigenvalue weighted by atomic mass is 32.2. The predicted molar refractivity (Wildman–Crippen MR) is 75.8 cm³/mol. The first kappa shape index (κ1) is 14.3. The maximum atomic E-state index is 11.3. The molecule has 0 unspecified atom stereocenters. The summed E-state index contributed by atoms with van der Waals surface area (Å²) in [7, 11) is -3.20. The fraction of sp³-hybridized carbons (Fsp3) is 0.231. The fourth-order valence-electron chi connectivity index (χ4n) is 1.55. The molecule has 6 nitrogen and oxygen atoms in total. The molecule has 0 amide bonds. The molecule has 2 aromatic rings. The highest BCUT2D eigenvalue weighted by Gasteiger charge is 2.07. The molecule has 1 heterocycles. The summed E-state index contributed by atoms with van der Waals surface area (Å²) in [5.41, 5.74) is 0. The Balaban J connectivity index is 2.16. The minimum absolute atomic E-state index is 0.251. The molecule has 1 aromatic carbocycles. The molecule has 2 rings (SSSR count). The second kappa shape index (κ2) is 5.87. The van der Waals surface area contributed by atoms with Crippen LogP contribution in [0.15, 0.2) is 41.6 Å².